The van der Waals surface area contributed by atoms with Crippen LogP contribution >= 0.6 is 0 Å². The van der Waals surface area contributed by atoms with Crippen LogP contribution in [0.3, 0.4) is 0 Å². The molecule has 2 rings (SSSR count). The minimum atomic E-state index is -0.433. The highest BCUT2D eigenvalue weighted by Gasteiger charge is 2.22. The van der Waals surface area contributed by atoms with Gasteiger partial charge in [0.2, 0.25) is 5.91 Å². The number of nitrogens with zero attached hydrogens (tertiary/aromatic N) is 1. The summed E-state index contributed by atoms with van der Waals surface area (Å²) < 4.78 is 31.7. The van der Waals surface area contributed by atoms with Crippen molar-refractivity contribution in [3.63, 3.8) is 0 Å². The van der Waals surface area contributed by atoms with E-state index in [4.69, 9.17) is 4.74 Å². The maximum atomic E-state index is 13.8. The lowest BCUT2D eigenvalue weighted by molar-refractivity contribution is -0.121. The Bertz CT molecular complexity index is 720. The third-order valence-corrected chi connectivity index (χ3v) is 3.98. The maximum Gasteiger partial charge on any atom is 0.241 e. The van der Waals surface area contributed by atoms with Crippen molar-refractivity contribution >= 4 is 11.6 Å². The van der Waals surface area contributed by atoms with E-state index in [-0.39, 0.29) is 17.5 Å². The number of anilines is 1. The fourth-order valence-electron chi connectivity index (χ4n) is 2.66. The molecule has 2 aromatic rings. The molecule has 0 heterocycles. The molecular weight excluding hydrogens is 326 g/mol. The van der Waals surface area contributed by atoms with Gasteiger partial charge in [0, 0.05) is 12.2 Å². The van der Waals surface area contributed by atoms with Crippen molar-refractivity contribution in [2.75, 3.05) is 19.5 Å². The quantitative estimate of drug-likeness (QED) is 0.827. The van der Waals surface area contributed by atoms with Crippen LogP contribution in [0.25, 0.3) is 0 Å². The number of amides is 1. The van der Waals surface area contributed by atoms with Crippen molar-refractivity contribution in [2.45, 2.75) is 25.9 Å². The van der Waals surface area contributed by atoms with E-state index in [1.54, 1.807) is 19.2 Å². The Morgan fingerprint density at radius 2 is 1.88 bits per heavy atom. The second-order valence-electron chi connectivity index (χ2n) is 5.80. The van der Waals surface area contributed by atoms with Crippen LogP contribution in [-0.4, -0.2) is 31.0 Å². The largest absolute Gasteiger partial charge is 0.494 e. The molecule has 0 radical (unpaired) electrons. The molecule has 0 fully saturated rings. The van der Waals surface area contributed by atoms with Gasteiger partial charge >= 0.3 is 0 Å². The van der Waals surface area contributed by atoms with Crippen LogP contribution in [0.1, 0.15) is 18.9 Å². The second kappa shape index (κ2) is 8.58. The zero-order valence-electron chi connectivity index (χ0n) is 14.6. The normalized spacial score (nSPS) is 12.1. The van der Waals surface area contributed by atoms with Crippen molar-refractivity contribution < 1.29 is 18.3 Å². The number of likely N-dealkylation sites (N-methyl/N-ethyl adjacent to an activating group) is 1. The summed E-state index contributed by atoms with van der Waals surface area (Å²) >= 11 is 0. The molecule has 0 bridgehead atoms. The van der Waals surface area contributed by atoms with E-state index in [9.17, 15) is 13.6 Å². The minimum absolute atomic E-state index is 0.187. The Balaban J connectivity index is 2.04. The first-order valence-electron chi connectivity index (χ1n) is 8.03. The molecule has 0 aliphatic carbocycles. The molecule has 134 valence electrons. The lowest BCUT2D eigenvalue weighted by Gasteiger charge is -2.26. The lowest BCUT2D eigenvalue weighted by atomic mass is 10.1. The summed E-state index contributed by atoms with van der Waals surface area (Å²) in [5.41, 5.74) is 1.28. The molecule has 0 saturated heterocycles. The summed E-state index contributed by atoms with van der Waals surface area (Å²) in [7, 11) is 3.22. The molecule has 1 unspecified atom stereocenters. The summed E-state index contributed by atoms with van der Waals surface area (Å²) in [5.74, 6) is -0.793. The van der Waals surface area contributed by atoms with Gasteiger partial charge in [-0.15, -0.1) is 0 Å². The van der Waals surface area contributed by atoms with E-state index in [1.165, 1.54) is 37.4 Å². The van der Waals surface area contributed by atoms with Crippen molar-refractivity contribution in [1.29, 1.82) is 0 Å². The highest BCUT2D eigenvalue weighted by atomic mass is 19.1. The number of halogens is 2. The van der Waals surface area contributed by atoms with Gasteiger partial charge in [0.1, 0.15) is 5.82 Å². The molecule has 1 amide bonds. The molecule has 6 heteroatoms. The number of hydrogen-bond donors (Lipinski definition) is 1. The SMILES string of the molecule is CCC(C(=O)Nc1ccc(F)cc1)N(C)Cc1ccc(OC)c(F)c1. The Labute approximate surface area is 146 Å². The third-order valence-electron chi connectivity index (χ3n) is 3.98. The van der Waals surface area contributed by atoms with Crippen molar-refractivity contribution in [3.8, 4) is 5.75 Å². The molecular formula is C19H22F2N2O2. The number of methoxy groups -OCH3 is 1. The number of carbonyl (C=O) groups excluding carboxylic acids is 1. The molecule has 0 spiro atoms. The van der Waals surface area contributed by atoms with Gasteiger partial charge in [0.25, 0.3) is 0 Å². The van der Waals surface area contributed by atoms with Gasteiger partial charge < -0.3 is 10.1 Å². The number of nitrogens with one attached hydrogen (secondary N) is 1. The van der Waals surface area contributed by atoms with Crippen molar-refractivity contribution in [3.05, 3.63) is 59.7 Å². The number of benzene rings is 2. The van der Waals surface area contributed by atoms with Crippen LogP contribution < -0.4 is 10.1 Å². The number of carbonyl (C=O) groups is 1. The van der Waals surface area contributed by atoms with Gasteiger partial charge in [-0.2, -0.15) is 0 Å². The van der Waals surface area contributed by atoms with Gasteiger partial charge in [-0.05, 0) is 55.4 Å². The van der Waals surface area contributed by atoms with Crippen LogP contribution in [0.5, 0.6) is 5.75 Å². The molecule has 0 aromatic heterocycles. The zero-order chi connectivity index (χ0) is 18.4. The summed E-state index contributed by atoms with van der Waals surface area (Å²) in [6, 6.07) is 9.95. The predicted octanol–water partition coefficient (Wildman–Crippen LogP) is 3.82. The molecule has 2 aromatic carbocycles. The van der Waals surface area contributed by atoms with E-state index in [0.717, 1.165) is 5.56 Å². The molecule has 0 aliphatic rings. The number of rotatable bonds is 7. The topological polar surface area (TPSA) is 41.6 Å². The van der Waals surface area contributed by atoms with Gasteiger partial charge in [0.15, 0.2) is 11.6 Å². The Hall–Kier alpha value is -2.47. The van der Waals surface area contributed by atoms with Crippen LogP contribution in [0.15, 0.2) is 42.5 Å². The van der Waals surface area contributed by atoms with Gasteiger partial charge in [0.05, 0.1) is 13.2 Å². The first kappa shape index (κ1) is 18.9. The van der Waals surface area contributed by atoms with Crippen LogP contribution in [0.2, 0.25) is 0 Å². The maximum absolute atomic E-state index is 13.8. The second-order valence-corrected chi connectivity index (χ2v) is 5.80. The summed E-state index contributed by atoms with van der Waals surface area (Å²) in [6.07, 6.45) is 0.585. The number of hydrogen-bond acceptors (Lipinski definition) is 3. The lowest BCUT2D eigenvalue weighted by Crippen LogP contribution is -2.41. The average Bonchev–Trinajstić information content (AvgIpc) is 2.58. The van der Waals surface area contributed by atoms with Gasteiger partial charge in [-0.3, -0.25) is 9.69 Å². The summed E-state index contributed by atoms with van der Waals surface area (Å²) in [5, 5.41) is 2.78. The fourth-order valence-corrected chi connectivity index (χ4v) is 2.66. The fraction of sp³-hybridized carbons (Fsp3) is 0.316. The Morgan fingerprint density at radius 1 is 1.20 bits per heavy atom. The van der Waals surface area contributed by atoms with E-state index in [2.05, 4.69) is 5.32 Å². The van der Waals surface area contributed by atoms with Crippen molar-refractivity contribution in [1.82, 2.24) is 4.90 Å². The van der Waals surface area contributed by atoms with Crippen LogP contribution in [0.4, 0.5) is 14.5 Å². The Morgan fingerprint density at radius 3 is 2.44 bits per heavy atom. The monoisotopic (exact) mass is 348 g/mol. The average molecular weight is 348 g/mol. The van der Waals surface area contributed by atoms with E-state index >= 15 is 0 Å². The Kier molecular flexibility index (Phi) is 6.47. The highest BCUT2D eigenvalue weighted by molar-refractivity contribution is 5.94. The van der Waals surface area contributed by atoms with E-state index < -0.39 is 11.9 Å². The molecule has 1 N–H and O–H groups in total. The molecule has 0 saturated carbocycles. The number of ether oxygens (including phenoxy) is 1. The first-order chi connectivity index (χ1) is 11.9. The predicted molar refractivity (Wildman–Crippen MR) is 93.5 cm³/mol. The first-order valence-corrected chi connectivity index (χ1v) is 8.03. The van der Waals surface area contributed by atoms with Crippen LogP contribution in [0, 0.1) is 11.6 Å². The smallest absolute Gasteiger partial charge is 0.241 e. The third kappa shape index (κ3) is 5.00. The van der Waals surface area contributed by atoms with E-state index in [1.807, 2.05) is 11.8 Å². The van der Waals surface area contributed by atoms with Gasteiger partial charge in [-0.25, -0.2) is 8.78 Å². The van der Waals surface area contributed by atoms with Crippen LogP contribution in [-0.2, 0) is 11.3 Å². The minimum Gasteiger partial charge on any atom is -0.494 e. The molecule has 1 atom stereocenters. The van der Waals surface area contributed by atoms with E-state index in [0.29, 0.717) is 18.7 Å². The molecule has 25 heavy (non-hydrogen) atoms. The standard InChI is InChI=1S/C19H22F2N2O2/c1-4-17(19(24)22-15-8-6-14(20)7-9-15)23(2)12-13-5-10-18(25-3)16(21)11-13/h5-11,17H,4,12H2,1-3H3,(H,22,24). The highest BCUT2D eigenvalue weighted by Crippen LogP contribution is 2.19. The molecule has 0 aliphatic heterocycles. The van der Waals surface area contributed by atoms with Crippen molar-refractivity contribution in [2.24, 2.45) is 0 Å². The molecule has 4 nitrogen and oxygen atoms in total. The zero-order valence-corrected chi connectivity index (χ0v) is 14.6. The summed E-state index contributed by atoms with van der Waals surface area (Å²) in [6.45, 7) is 2.32. The summed E-state index contributed by atoms with van der Waals surface area (Å²) in [4.78, 5) is 14.3. The van der Waals surface area contributed by atoms with Gasteiger partial charge in [-0.1, -0.05) is 13.0 Å².